The Labute approximate surface area is 154 Å². The van der Waals surface area contributed by atoms with Gasteiger partial charge in [0.2, 0.25) is 0 Å². The molecule has 3 aromatic rings. The summed E-state index contributed by atoms with van der Waals surface area (Å²) in [4.78, 5) is 11.0. The van der Waals surface area contributed by atoms with Crippen LogP contribution in [0.2, 0.25) is 0 Å². The lowest BCUT2D eigenvalue weighted by Crippen LogP contribution is -2.29. The van der Waals surface area contributed by atoms with E-state index < -0.39 is 0 Å². The molecule has 1 aromatic carbocycles. The maximum atomic E-state index is 5.86. The van der Waals surface area contributed by atoms with E-state index in [1.807, 2.05) is 24.3 Å². The first-order chi connectivity index (χ1) is 12.8. The number of pyridine rings is 2. The van der Waals surface area contributed by atoms with E-state index in [9.17, 15) is 0 Å². The summed E-state index contributed by atoms with van der Waals surface area (Å²) in [5, 5.41) is 0. The van der Waals surface area contributed by atoms with Gasteiger partial charge in [0.25, 0.3) is 0 Å². The van der Waals surface area contributed by atoms with Crippen LogP contribution in [0.15, 0.2) is 67.1 Å². The Morgan fingerprint density at radius 1 is 0.962 bits per heavy atom. The quantitative estimate of drug-likeness (QED) is 0.684. The van der Waals surface area contributed by atoms with E-state index in [-0.39, 0.29) is 0 Å². The minimum atomic E-state index is 0.674. The number of hydrogen-bond acceptors (Lipinski definition) is 4. The highest BCUT2D eigenvalue weighted by molar-refractivity contribution is 5.61. The Balaban J connectivity index is 1.50. The van der Waals surface area contributed by atoms with Crippen LogP contribution in [0, 0.1) is 0 Å². The van der Waals surface area contributed by atoms with Crippen LogP contribution < -0.4 is 4.74 Å². The zero-order valence-electron chi connectivity index (χ0n) is 15.0. The Hall–Kier alpha value is -2.72. The molecule has 0 bridgehead atoms. The van der Waals surface area contributed by atoms with Crippen molar-refractivity contribution in [3.8, 4) is 22.8 Å². The highest BCUT2D eigenvalue weighted by Gasteiger charge is 2.18. The molecule has 1 fully saturated rings. The SMILES string of the molecule is CN1CCC(c2ccc(-c3cc(Oc4cccnc4)ccn3)cc2)CC1. The number of aromatic nitrogens is 2. The number of hydrogen-bond donors (Lipinski definition) is 0. The first kappa shape index (κ1) is 16.7. The standard InChI is InChI=1S/C22H23N3O/c1-25-13-9-18(10-14-25)17-4-6-19(7-5-17)22-15-20(8-12-24-22)26-21-3-2-11-23-16-21/h2-8,11-12,15-16,18H,9-10,13-14H2,1H3. The monoisotopic (exact) mass is 345 g/mol. The fourth-order valence-electron chi connectivity index (χ4n) is 3.44. The molecule has 2 aromatic heterocycles. The third kappa shape index (κ3) is 3.92. The maximum Gasteiger partial charge on any atom is 0.145 e. The Morgan fingerprint density at radius 2 is 1.77 bits per heavy atom. The first-order valence-corrected chi connectivity index (χ1v) is 9.11. The van der Waals surface area contributed by atoms with Gasteiger partial charge >= 0.3 is 0 Å². The van der Waals surface area contributed by atoms with Crippen LogP contribution in [0.25, 0.3) is 11.3 Å². The Bertz CT molecular complexity index is 841. The highest BCUT2D eigenvalue weighted by atomic mass is 16.5. The van der Waals surface area contributed by atoms with Crippen LogP contribution in [0.1, 0.15) is 24.3 Å². The van der Waals surface area contributed by atoms with Gasteiger partial charge in [-0.3, -0.25) is 9.97 Å². The van der Waals surface area contributed by atoms with Gasteiger partial charge in [0.15, 0.2) is 0 Å². The third-order valence-corrected chi connectivity index (χ3v) is 5.00. The predicted molar refractivity (Wildman–Crippen MR) is 103 cm³/mol. The average Bonchev–Trinajstić information content (AvgIpc) is 2.70. The van der Waals surface area contributed by atoms with Crippen LogP contribution in [-0.2, 0) is 0 Å². The molecule has 1 aliphatic heterocycles. The highest BCUT2D eigenvalue weighted by Crippen LogP contribution is 2.30. The van der Waals surface area contributed by atoms with E-state index in [2.05, 4.69) is 46.2 Å². The molecule has 0 saturated carbocycles. The van der Waals surface area contributed by atoms with Crippen LogP contribution in [-0.4, -0.2) is 35.0 Å². The van der Waals surface area contributed by atoms with Crippen LogP contribution in [0.4, 0.5) is 0 Å². The van der Waals surface area contributed by atoms with E-state index in [0.29, 0.717) is 5.92 Å². The van der Waals surface area contributed by atoms with E-state index in [4.69, 9.17) is 4.74 Å². The molecule has 0 amide bonds. The molecule has 0 atom stereocenters. The number of rotatable bonds is 4. The molecular weight excluding hydrogens is 322 g/mol. The number of piperidine rings is 1. The van der Waals surface area contributed by atoms with Crippen molar-refractivity contribution in [2.24, 2.45) is 0 Å². The smallest absolute Gasteiger partial charge is 0.145 e. The Morgan fingerprint density at radius 3 is 2.50 bits per heavy atom. The molecule has 0 radical (unpaired) electrons. The lowest BCUT2D eigenvalue weighted by atomic mass is 9.89. The molecule has 1 aliphatic rings. The van der Waals surface area contributed by atoms with Crippen molar-refractivity contribution in [1.29, 1.82) is 0 Å². The van der Waals surface area contributed by atoms with Crippen molar-refractivity contribution in [1.82, 2.24) is 14.9 Å². The molecule has 26 heavy (non-hydrogen) atoms. The zero-order valence-corrected chi connectivity index (χ0v) is 15.0. The summed E-state index contributed by atoms with van der Waals surface area (Å²) in [6.45, 7) is 2.36. The minimum Gasteiger partial charge on any atom is -0.456 e. The van der Waals surface area contributed by atoms with Gasteiger partial charge in [-0.1, -0.05) is 24.3 Å². The van der Waals surface area contributed by atoms with Crippen LogP contribution in [0.3, 0.4) is 0 Å². The number of likely N-dealkylation sites (tertiary alicyclic amines) is 1. The second-order valence-electron chi connectivity index (χ2n) is 6.87. The maximum absolute atomic E-state index is 5.86. The average molecular weight is 345 g/mol. The largest absolute Gasteiger partial charge is 0.456 e. The molecule has 0 N–H and O–H groups in total. The first-order valence-electron chi connectivity index (χ1n) is 9.11. The molecule has 1 saturated heterocycles. The lowest BCUT2D eigenvalue weighted by molar-refractivity contribution is 0.255. The van der Waals surface area contributed by atoms with Crippen molar-refractivity contribution in [2.75, 3.05) is 20.1 Å². The summed E-state index contributed by atoms with van der Waals surface area (Å²) in [5.74, 6) is 2.16. The van der Waals surface area contributed by atoms with E-state index in [1.54, 1.807) is 18.6 Å². The summed E-state index contributed by atoms with van der Waals surface area (Å²) in [7, 11) is 2.20. The second kappa shape index (κ2) is 7.67. The predicted octanol–water partition coefficient (Wildman–Crippen LogP) is 4.75. The fourth-order valence-corrected chi connectivity index (χ4v) is 3.44. The van der Waals surface area contributed by atoms with Gasteiger partial charge in [0, 0.05) is 24.0 Å². The number of nitrogens with zero attached hydrogens (tertiary/aromatic N) is 3. The molecule has 4 nitrogen and oxygen atoms in total. The number of ether oxygens (including phenoxy) is 1. The van der Waals surface area contributed by atoms with Gasteiger partial charge in [-0.05, 0) is 62.7 Å². The molecule has 132 valence electrons. The minimum absolute atomic E-state index is 0.674. The fraction of sp³-hybridized carbons (Fsp3) is 0.273. The molecule has 4 rings (SSSR count). The van der Waals surface area contributed by atoms with Crippen LogP contribution >= 0.6 is 0 Å². The molecule has 3 heterocycles. The van der Waals surface area contributed by atoms with Crippen LogP contribution in [0.5, 0.6) is 11.5 Å². The van der Waals surface area contributed by atoms with Gasteiger partial charge < -0.3 is 9.64 Å². The van der Waals surface area contributed by atoms with E-state index in [0.717, 1.165) is 22.8 Å². The van der Waals surface area contributed by atoms with E-state index in [1.165, 1.54) is 31.5 Å². The molecule has 4 heteroatoms. The summed E-state index contributed by atoms with van der Waals surface area (Å²) in [5.41, 5.74) is 3.46. The topological polar surface area (TPSA) is 38.2 Å². The van der Waals surface area contributed by atoms with Crippen molar-refractivity contribution < 1.29 is 4.74 Å². The number of benzene rings is 1. The molecule has 0 aliphatic carbocycles. The molecular formula is C22H23N3O. The Kier molecular flexibility index (Phi) is 4.93. The molecule has 0 unspecified atom stereocenters. The van der Waals surface area contributed by atoms with Crippen molar-refractivity contribution in [2.45, 2.75) is 18.8 Å². The summed E-state index contributed by atoms with van der Waals surface area (Å²) in [6.07, 6.45) is 7.70. The van der Waals surface area contributed by atoms with Gasteiger partial charge in [0.1, 0.15) is 11.5 Å². The van der Waals surface area contributed by atoms with Crippen molar-refractivity contribution in [3.63, 3.8) is 0 Å². The third-order valence-electron chi connectivity index (χ3n) is 5.00. The summed E-state index contributed by atoms with van der Waals surface area (Å²) < 4.78 is 5.86. The normalized spacial score (nSPS) is 15.7. The van der Waals surface area contributed by atoms with Gasteiger partial charge in [-0.25, -0.2) is 0 Å². The zero-order chi connectivity index (χ0) is 17.8. The van der Waals surface area contributed by atoms with Gasteiger partial charge in [0.05, 0.1) is 11.9 Å². The van der Waals surface area contributed by atoms with E-state index >= 15 is 0 Å². The molecule has 0 spiro atoms. The lowest BCUT2D eigenvalue weighted by Gasteiger charge is -2.29. The van der Waals surface area contributed by atoms with Gasteiger partial charge in [-0.15, -0.1) is 0 Å². The van der Waals surface area contributed by atoms with Gasteiger partial charge in [-0.2, -0.15) is 0 Å². The second-order valence-corrected chi connectivity index (χ2v) is 6.87. The van der Waals surface area contributed by atoms with Crippen molar-refractivity contribution >= 4 is 0 Å². The van der Waals surface area contributed by atoms with Crippen molar-refractivity contribution in [3.05, 3.63) is 72.7 Å². The summed E-state index contributed by atoms with van der Waals surface area (Å²) >= 11 is 0. The summed E-state index contributed by atoms with van der Waals surface area (Å²) in [6, 6.07) is 16.4.